The van der Waals surface area contributed by atoms with Gasteiger partial charge in [0.15, 0.2) is 0 Å². The van der Waals surface area contributed by atoms with Crippen LogP contribution in [0.1, 0.15) is 34.1 Å². The number of aryl methyl sites for hydroxylation is 2. The van der Waals surface area contributed by atoms with Crippen molar-refractivity contribution in [3.8, 4) is 0 Å². The maximum Gasteiger partial charge on any atom is 0.272 e. The number of nitrogens with one attached hydrogen (secondary N) is 1. The van der Waals surface area contributed by atoms with Crippen molar-refractivity contribution in [2.45, 2.75) is 27.3 Å². The number of amides is 1. The van der Waals surface area contributed by atoms with Crippen molar-refractivity contribution in [3.63, 3.8) is 0 Å². The van der Waals surface area contributed by atoms with Gasteiger partial charge in [0, 0.05) is 18.8 Å². The monoisotopic (exact) mass is 359 g/mol. The van der Waals surface area contributed by atoms with Crippen LogP contribution in [0, 0.1) is 13.8 Å². The molecule has 4 heteroatoms. The summed E-state index contributed by atoms with van der Waals surface area (Å²) in [5.41, 5.74) is 5.85. The topological polar surface area (TPSA) is 45.2 Å². The minimum atomic E-state index is -0.0559. The Labute approximate surface area is 160 Å². The van der Waals surface area contributed by atoms with E-state index >= 15 is 0 Å². The molecule has 0 fully saturated rings. The van der Waals surface area contributed by atoms with Crippen LogP contribution >= 0.6 is 0 Å². The van der Waals surface area contributed by atoms with Crippen molar-refractivity contribution < 1.29 is 4.79 Å². The van der Waals surface area contributed by atoms with Crippen molar-refractivity contribution >= 4 is 17.3 Å². The fraction of sp³-hybridized carbons (Fsp3) is 0.217. The maximum absolute atomic E-state index is 12.8. The van der Waals surface area contributed by atoms with Gasteiger partial charge in [0.2, 0.25) is 0 Å². The van der Waals surface area contributed by atoms with Crippen LogP contribution in [0.2, 0.25) is 0 Å². The predicted molar refractivity (Wildman–Crippen MR) is 110 cm³/mol. The van der Waals surface area contributed by atoms with E-state index < -0.39 is 0 Å². The molecule has 3 rings (SSSR count). The van der Waals surface area contributed by atoms with E-state index in [0.717, 1.165) is 16.9 Å². The van der Waals surface area contributed by atoms with Crippen LogP contribution in [0.15, 0.2) is 66.9 Å². The Hall–Kier alpha value is -3.14. The smallest absolute Gasteiger partial charge is 0.272 e. The third-order valence-electron chi connectivity index (χ3n) is 4.54. The van der Waals surface area contributed by atoms with Crippen molar-refractivity contribution in [2.75, 3.05) is 11.9 Å². The van der Waals surface area contributed by atoms with Crippen LogP contribution in [-0.4, -0.2) is 22.3 Å². The number of carbonyl (C=O) groups excluding carboxylic acids is 1. The highest BCUT2D eigenvalue weighted by molar-refractivity contribution is 5.92. The van der Waals surface area contributed by atoms with E-state index in [1.807, 2.05) is 43.3 Å². The molecule has 27 heavy (non-hydrogen) atoms. The molecular weight excluding hydrogens is 334 g/mol. The molecule has 4 nitrogen and oxygen atoms in total. The average molecular weight is 359 g/mol. The maximum atomic E-state index is 12.8. The summed E-state index contributed by atoms with van der Waals surface area (Å²) in [5, 5.41) is 3.37. The molecule has 0 aliphatic heterocycles. The minimum absolute atomic E-state index is 0.0559. The number of anilines is 2. The van der Waals surface area contributed by atoms with Gasteiger partial charge >= 0.3 is 0 Å². The van der Waals surface area contributed by atoms with Gasteiger partial charge in [-0.25, -0.2) is 4.98 Å². The largest absolute Gasteiger partial charge is 0.354 e. The molecule has 1 N–H and O–H groups in total. The predicted octanol–water partition coefficient (Wildman–Crippen LogP) is 5.10. The third-order valence-corrected chi connectivity index (χ3v) is 4.54. The number of nitrogens with zero attached hydrogens (tertiary/aromatic N) is 2. The minimum Gasteiger partial charge on any atom is -0.354 e. The number of pyridine rings is 1. The Morgan fingerprint density at radius 3 is 2.48 bits per heavy atom. The highest BCUT2D eigenvalue weighted by Crippen LogP contribution is 2.21. The summed E-state index contributed by atoms with van der Waals surface area (Å²) in [6, 6.07) is 20.0. The molecule has 0 aliphatic rings. The molecule has 0 unspecified atom stereocenters. The molecule has 0 radical (unpaired) electrons. The molecule has 0 spiro atoms. The van der Waals surface area contributed by atoms with Gasteiger partial charge in [0.05, 0.1) is 11.9 Å². The van der Waals surface area contributed by atoms with E-state index in [1.54, 1.807) is 17.2 Å². The fourth-order valence-corrected chi connectivity index (χ4v) is 2.91. The highest BCUT2D eigenvalue weighted by Gasteiger charge is 2.16. The van der Waals surface area contributed by atoms with Gasteiger partial charge in [-0.05, 0) is 55.7 Å². The van der Waals surface area contributed by atoms with E-state index in [2.05, 4.69) is 42.3 Å². The molecule has 0 atom stereocenters. The van der Waals surface area contributed by atoms with Crippen LogP contribution in [0.5, 0.6) is 0 Å². The lowest BCUT2D eigenvalue weighted by molar-refractivity contribution is 0.0746. The van der Waals surface area contributed by atoms with Gasteiger partial charge in [-0.2, -0.15) is 0 Å². The summed E-state index contributed by atoms with van der Waals surface area (Å²) in [6.07, 6.45) is 1.71. The molecule has 0 saturated heterocycles. The van der Waals surface area contributed by atoms with Crippen LogP contribution < -0.4 is 5.32 Å². The highest BCUT2D eigenvalue weighted by atomic mass is 16.2. The lowest BCUT2D eigenvalue weighted by Gasteiger charge is -2.20. The Balaban J connectivity index is 1.71. The molecule has 2 aromatic carbocycles. The third kappa shape index (κ3) is 4.73. The van der Waals surface area contributed by atoms with E-state index in [9.17, 15) is 4.79 Å². The second-order valence-corrected chi connectivity index (χ2v) is 6.68. The molecule has 0 saturated carbocycles. The molecular formula is C23H25N3O. The van der Waals surface area contributed by atoms with Crippen LogP contribution in [0.4, 0.5) is 11.4 Å². The van der Waals surface area contributed by atoms with E-state index in [1.165, 1.54) is 11.1 Å². The molecule has 138 valence electrons. The Morgan fingerprint density at radius 2 is 1.81 bits per heavy atom. The number of benzene rings is 2. The molecule has 1 aromatic heterocycles. The van der Waals surface area contributed by atoms with Crippen molar-refractivity contribution in [1.82, 2.24) is 9.88 Å². The molecule has 1 heterocycles. The first-order valence-electron chi connectivity index (χ1n) is 9.20. The number of hydrogen-bond acceptors (Lipinski definition) is 3. The molecule has 0 bridgehead atoms. The van der Waals surface area contributed by atoms with Crippen molar-refractivity contribution in [3.05, 3.63) is 89.2 Å². The number of rotatable bonds is 6. The van der Waals surface area contributed by atoms with Gasteiger partial charge in [0.1, 0.15) is 5.69 Å². The van der Waals surface area contributed by atoms with E-state index in [-0.39, 0.29) is 5.91 Å². The van der Waals surface area contributed by atoms with Gasteiger partial charge in [-0.1, -0.05) is 42.5 Å². The van der Waals surface area contributed by atoms with Crippen LogP contribution in [0.3, 0.4) is 0 Å². The molecule has 3 aromatic rings. The van der Waals surface area contributed by atoms with Gasteiger partial charge in [-0.15, -0.1) is 0 Å². The van der Waals surface area contributed by atoms with Gasteiger partial charge < -0.3 is 10.2 Å². The van der Waals surface area contributed by atoms with E-state index in [0.29, 0.717) is 18.8 Å². The summed E-state index contributed by atoms with van der Waals surface area (Å²) in [5.74, 6) is -0.0559. The van der Waals surface area contributed by atoms with Gasteiger partial charge in [0.25, 0.3) is 5.91 Å². The summed E-state index contributed by atoms with van der Waals surface area (Å²) in [6.45, 7) is 7.34. The lowest BCUT2D eigenvalue weighted by atomic mass is 10.1. The quantitative estimate of drug-likeness (QED) is 0.665. The first kappa shape index (κ1) is 18.6. The summed E-state index contributed by atoms with van der Waals surface area (Å²) in [7, 11) is 0. The molecule has 1 amide bonds. The SMILES string of the molecule is CCN(Cc1ccccc1)C(=O)c1ccc(Nc2cc(C)ccc2C)cn1. The average Bonchev–Trinajstić information content (AvgIpc) is 2.70. The Kier molecular flexibility index (Phi) is 5.87. The second-order valence-electron chi connectivity index (χ2n) is 6.68. The van der Waals surface area contributed by atoms with Crippen molar-refractivity contribution in [2.24, 2.45) is 0 Å². The summed E-state index contributed by atoms with van der Waals surface area (Å²) < 4.78 is 0. The number of aromatic nitrogens is 1. The standard InChI is InChI=1S/C23H25N3O/c1-4-26(16-19-8-6-5-7-9-19)23(27)21-13-12-20(15-24-21)25-22-14-17(2)10-11-18(22)3/h5-15,25H,4,16H2,1-3H3. The van der Waals surface area contributed by atoms with Crippen molar-refractivity contribution in [1.29, 1.82) is 0 Å². The summed E-state index contributed by atoms with van der Waals surface area (Å²) >= 11 is 0. The zero-order valence-electron chi connectivity index (χ0n) is 16.1. The van der Waals surface area contributed by atoms with Gasteiger partial charge in [-0.3, -0.25) is 4.79 Å². The van der Waals surface area contributed by atoms with Crippen LogP contribution in [0.25, 0.3) is 0 Å². The first-order valence-corrected chi connectivity index (χ1v) is 9.20. The zero-order chi connectivity index (χ0) is 19.2. The zero-order valence-corrected chi connectivity index (χ0v) is 16.1. The summed E-state index contributed by atoms with van der Waals surface area (Å²) in [4.78, 5) is 19.0. The second kappa shape index (κ2) is 8.49. The van der Waals surface area contributed by atoms with Crippen LogP contribution in [-0.2, 0) is 6.54 Å². The molecule has 0 aliphatic carbocycles. The first-order chi connectivity index (χ1) is 13.1. The Bertz CT molecular complexity index is 905. The number of carbonyl (C=O) groups is 1. The Morgan fingerprint density at radius 1 is 1.04 bits per heavy atom. The lowest BCUT2D eigenvalue weighted by Crippen LogP contribution is -2.30. The van der Waals surface area contributed by atoms with E-state index in [4.69, 9.17) is 0 Å². The normalized spacial score (nSPS) is 10.5. The fourth-order valence-electron chi connectivity index (χ4n) is 2.91. The number of hydrogen-bond donors (Lipinski definition) is 1.